The molecule has 162 valence electrons. The number of benzene rings is 2. The first-order valence-corrected chi connectivity index (χ1v) is 11.3. The molecule has 1 aromatic heterocycles. The molecule has 31 heavy (non-hydrogen) atoms. The minimum atomic E-state index is -0.0868. The SMILES string of the molecule is COc1cc2c(cc1OC)[C@@H](c1cccs1)N(CC(=O)Nc1ccc(C)cc1Cl)CC2. The van der Waals surface area contributed by atoms with E-state index in [1.807, 2.05) is 37.3 Å². The summed E-state index contributed by atoms with van der Waals surface area (Å²) in [6.45, 7) is 3.00. The van der Waals surface area contributed by atoms with Gasteiger partial charge >= 0.3 is 0 Å². The van der Waals surface area contributed by atoms with Crippen LogP contribution in [0.4, 0.5) is 5.69 Å². The summed E-state index contributed by atoms with van der Waals surface area (Å²) in [6.07, 6.45) is 0.829. The van der Waals surface area contributed by atoms with Crippen molar-refractivity contribution < 1.29 is 14.3 Å². The summed E-state index contributed by atoms with van der Waals surface area (Å²) in [5, 5.41) is 5.57. The normalized spacial score (nSPS) is 15.9. The van der Waals surface area contributed by atoms with E-state index < -0.39 is 0 Å². The summed E-state index contributed by atoms with van der Waals surface area (Å²) in [6, 6.07) is 13.9. The van der Waals surface area contributed by atoms with E-state index in [9.17, 15) is 4.79 Å². The Bertz CT molecular complexity index is 1080. The third kappa shape index (κ3) is 4.56. The third-order valence-electron chi connectivity index (χ3n) is 5.53. The van der Waals surface area contributed by atoms with Gasteiger partial charge in [-0.25, -0.2) is 0 Å². The van der Waals surface area contributed by atoms with Crippen LogP contribution in [0.3, 0.4) is 0 Å². The van der Waals surface area contributed by atoms with Gasteiger partial charge in [0.1, 0.15) is 0 Å². The smallest absolute Gasteiger partial charge is 0.238 e. The number of fused-ring (bicyclic) bond motifs is 1. The average Bonchev–Trinajstić information content (AvgIpc) is 3.29. The summed E-state index contributed by atoms with van der Waals surface area (Å²) in [4.78, 5) is 16.3. The van der Waals surface area contributed by atoms with Crippen LogP contribution in [0.1, 0.15) is 27.6 Å². The van der Waals surface area contributed by atoms with Crippen molar-refractivity contribution in [2.45, 2.75) is 19.4 Å². The molecule has 1 aliphatic rings. The molecule has 1 N–H and O–H groups in total. The molecule has 0 radical (unpaired) electrons. The summed E-state index contributed by atoms with van der Waals surface area (Å²) in [5.41, 5.74) is 4.05. The van der Waals surface area contributed by atoms with Crippen LogP contribution in [0.25, 0.3) is 0 Å². The highest BCUT2D eigenvalue weighted by atomic mass is 35.5. The van der Waals surface area contributed by atoms with Gasteiger partial charge in [0, 0.05) is 11.4 Å². The van der Waals surface area contributed by atoms with Gasteiger partial charge in [0.2, 0.25) is 5.91 Å². The molecule has 4 rings (SSSR count). The van der Waals surface area contributed by atoms with Crippen molar-refractivity contribution in [1.29, 1.82) is 0 Å². The van der Waals surface area contributed by atoms with Crippen molar-refractivity contribution in [3.8, 4) is 11.5 Å². The highest BCUT2D eigenvalue weighted by Gasteiger charge is 2.32. The lowest BCUT2D eigenvalue weighted by atomic mass is 9.91. The fraction of sp³-hybridized carbons (Fsp3) is 0.292. The van der Waals surface area contributed by atoms with Crippen molar-refractivity contribution in [1.82, 2.24) is 4.90 Å². The zero-order valence-corrected chi connectivity index (χ0v) is 19.3. The first kappa shape index (κ1) is 21.7. The molecule has 0 unspecified atom stereocenters. The first-order chi connectivity index (χ1) is 15.0. The predicted molar refractivity (Wildman–Crippen MR) is 126 cm³/mol. The van der Waals surface area contributed by atoms with E-state index in [4.69, 9.17) is 21.1 Å². The maximum Gasteiger partial charge on any atom is 0.238 e. The maximum atomic E-state index is 12.9. The van der Waals surface area contributed by atoms with Crippen molar-refractivity contribution in [3.05, 3.63) is 74.4 Å². The van der Waals surface area contributed by atoms with Crippen LogP contribution in [-0.2, 0) is 11.2 Å². The Labute approximate surface area is 191 Å². The average molecular weight is 457 g/mol. The molecule has 0 bridgehead atoms. The molecule has 5 nitrogen and oxygen atoms in total. The Morgan fingerprint density at radius 1 is 1.19 bits per heavy atom. The Hall–Kier alpha value is -2.54. The number of halogens is 1. The Morgan fingerprint density at radius 3 is 2.65 bits per heavy atom. The highest BCUT2D eigenvalue weighted by molar-refractivity contribution is 7.10. The largest absolute Gasteiger partial charge is 0.493 e. The molecule has 1 atom stereocenters. The van der Waals surface area contributed by atoms with Gasteiger partial charge in [-0.2, -0.15) is 0 Å². The Kier molecular flexibility index (Phi) is 6.51. The summed E-state index contributed by atoms with van der Waals surface area (Å²) < 4.78 is 11.0. The zero-order chi connectivity index (χ0) is 22.0. The van der Waals surface area contributed by atoms with E-state index in [1.54, 1.807) is 25.6 Å². The van der Waals surface area contributed by atoms with Gasteiger partial charge in [-0.15, -0.1) is 11.3 Å². The van der Waals surface area contributed by atoms with Gasteiger partial charge in [0.25, 0.3) is 0 Å². The molecule has 1 aliphatic heterocycles. The van der Waals surface area contributed by atoms with Crippen LogP contribution < -0.4 is 14.8 Å². The lowest BCUT2D eigenvalue weighted by molar-refractivity contribution is -0.117. The van der Waals surface area contributed by atoms with E-state index in [0.717, 1.165) is 29.8 Å². The van der Waals surface area contributed by atoms with Crippen LogP contribution in [0.2, 0.25) is 5.02 Å². The Morgan fingerprint density at radius 2 is 1.97 bits per heavy atom. The molecular weight excluding hydrogens is 432 g/mol. The van der Waals surface area contributed by atoms with E-state index in [-0.39, 0.29) is 18.5 Å². The quantitative estimate of drug-likeness (QED) is 0.545. The van der Waals surface area contributed by atoms with Crippen molar-refractivity contribution >= 4 is 34.5 Å². The standard InChI is InChI=1S/C24H25ClN2O3S/c1-15-6-7-19(18(25)11-15)26-23(28)14-27-9-8-16-12-20(29-2)21(30-3)13-17(16)24(27)22-5-4-10-31-22/h4-7,10-13,24H,8-9,14H2,1-3H3,(H,26,28)/t24-/m0/s1. The maximum absolute atomic E-state index is 12.9. The van der Waals surface area contributed by atoms with E-state index >= 15 is 0 Å². The van der Waals surface area contributed by atoms with Gasteiger partial charge in [0.15, 0.2) is 11.5 Å². The second-order valence-corrected chi connectivity index (χ2v) is 8.96. The van der Waals surface area contributed by atoms with Gasteiger partial charge in [-0.3, -0.25) is 9.69 Å². The number of anilines is 1. The minimum Gasteiger partial charge on any atom is -0.493 e. The van der Waals surface area contributed by atoms with Crippen LogP contribution in [0, 0.1) is 6.92 Å². The second kappa shape index (κ2) is 9.30. The number of hydrogen-bond acceptors (Lipinski definition) is 5. The van der Waals surface area contributed by atoms with Gasteiger partial charge in [-0.1, -0.05) is 23.7 Å². The summed E-state index contributed by atoms with van der Waals surface area (Å²) >= 11 is 7.99. The number of rotatable bonds is 6. The molecule has 0 fully saturated rings. The number of nitrogens with one attached hydrogen (secondary N) is 1. The fourth-order valence-corrected chi connectivity index (χ4v) is 5.20. The molecule has 3 aromatic rings. The zero-order valence-electron chi connectivity index (χ0n) is 17.8. The molecule has 2 aromatic carbocycles. The van der Waals surface area contributed by atoms with Crippen LogP contribution in [-0.4, -0.2) is 38.1 Å². The number of aryl methyl sites for hydroxylation is 1. The fourth-order valence-electron chi connectivity index (χ4n) is 4.04. The molecule has 2 heterocycles. The second-order valence-electron chi connectivity index (χ2n) is 7.58. The molecule has 0 aliphatic carbocycles. The molecule has 7 heteroatoms. The van der Waals surface area contributed by atoms with Gasteiger partial charge in [0.05, 0.1) is 37.5 Å². The van der Waals surface area contributed by atoms with E-state index in [2.05, 4.69) is 27.7 Å². The minimum absolute atomic E-state index is 0.0252. The number of hydrogen-bond donors (Lipinski definition) is 1. The van der Waals surface area contributed by atoms with Gasteiger partial charge in [-0.05, 0) is 65.7 Å². The van der Waals surface area contributed by atoms with Crippen LogP contribution in [0.15, 0.2) is 47.8 Å². The lowest BCUT2D eigenvalue weighted by Gasteiger charge is -2.37. The topological polar surface area (TPSA) is 50.8 Å². The van der Waals surface area contributed by atoms with Crippen molar-refractivity contribution in [2.24, 2.45) is 0 Å². The number of thiophene rings is 1. The number of amides is 1. The molecule has 0 spiro atoms. The number of carbonyl (C=O) groups excluding carboxylic acids is 1. The highest BCUT2D eigenvalue weighted by Crippen LogP contribution is 2.42. The number of methoxy groups -OCH3 is 2. The summed E-state index contributed by atoms with van der Waals surface area (Å²) in [7, 11) is 3.29. The van der Waals surface area contributed by atoms with Gasteiger partial charge < -0.3 is 14.8 Å². The predicted octanol–water partition coefficient (Wildman–Crippen LogP) is 5.31. The first-order valence-electron chi connectivity index (χ1n) is 10.1. The van der Waals surface area contributed by atoms with Crippen molar-refractivity contribution in [2.75, 3.05) is 32.6 Å². The molecule has 0 saturated heterocycles. The van der Waals surface area contributed by atoms with E-state index in [1.165, 1.54) is 10.4 Å². The lowest BCUT2D eigenvalue weighted by Crippen LogP contribution is -2.41. The van der Waals surface area contributed by atoms with Crippen LogP contribution in [0.5, 0.6) is 11.5 Å². The Balaban J connectivity index is 1.62. The molecule has 1 amide bonds. The van der Waals surface area contributed by atoms with E-state index in [0.29, 0.717) is 16.5 Å². The molecule has 0 saturated carbocycles. The number of ether oxygens (including phenoxy) is 2. The molecular formula is C24H25ClN2O3S. The van der Waals surface area contributed by atoms with Crippen molar-refractivity contribution in [3.63, 3.8) is 0 Å². The third-order valence-corrected chi connectivity index (χ3v) is 6.77. The monoisotopic (exact) mass is 456 g/mol. The van der Waals surface area contributed by atoms with Crippen LogP contribution >= 0.6 is 22.9 Å². The number of nitrogens with zero attached hydrogens (tertiary/aromatic N) is 1. The number of carbonyl (C=O) groups is 1. The summed E-state index contributed by atoms with van der Waals surface area (Å²) in [5.74, 6) is 1.34.